The van der Waals surface area contributed by atoms with E-state index in [4.69, 9.17) is 4.84 Å². The summed E-state index contributed by atoms with van der Waals surface area (Å²) in [5, 5.41) is 0.841. The maximum Gasteiger partial charge on any atom is 0.281 e. The van der Waals surface area contributed by atoms with Crippen molar-refractivity contribution in [1.82, 2.24) is 5.06 Å². The summed E-state index contributed by atoms with van der Waals surface area (Å²) in [6, 6.07) is 0. The molecule has 1 heterocycles. The van der Waals surface area contributed by atoms with Crippen LogP contribution in [0.3, 0.4) is 0 Å². The largest absolute Gasteiger partial charge is 0.281 e. The van der Waals surface area contributed by atoms with E-state index in [2.05, 4.69) is 0 Å². The van der Waals surface area contributed by atoms with Crippen LogP contribution in [0.15, 0.2) is 11.1 Å². The molecule has 2 amide bonds. The zero-order chi connectivity index (χ0) is 12.0. The summed E-state index contributed by atoms with van der Waals surface area (Å²) >= 11 is 0. The van der Waals surface area contributed by atoms with E-state index in [1.807, 2.05) is 20.8 Å². The maximum atomic E-state index is 11.4. The van der Waals surface area contributed by atoms with Crippen LogP contribution < -0.4 is 0 Å². The minimum absolute atomic E-state index is 0.337. The molecule has 0 N–H and O–H groups in total. The highest BCUT2D eigenvalue weighted by atomic mass is 16.7. The number of nitrogens with zero attached hydrogens (tertiary/aromatic N) is 1. The van der Waals surface area contributed by atoms with Gasteiger partial charge in [-0.15, -0.1) is 5.06 Å². The van der Waals surface area contributed by atoms with Crippen molar-refractivity contribution in [2.24, 2.45) is 0 Å². The highest BCUT2D eigenvalue weighted by molar-refractivity contribution is 6.17. The molecular formula is C11H19NO3. The highest BCUT2D eigenvalue weighted by Crippen LogP contribution is 2.19. The second-order valence-corrected chi connectivity index (χ2v) is 2.99. The standard InChI is InChI=1S/C9H13NO3.C2H6/c1-4-5-13-10-8(11)6(2)7(3)9(10)12;1-2/h4-5H2,1-3H3;1-2H3. The monoisotopic (exact) mass is 213 g/mol. The van der Waals surface area contributed by atoms with E-state index in [1.54, 1.807) is 13.8 Å². The van der Waals surface area contributed by atoms with Crippen molar-refractivity contribution in [3.8, 4) is 0 Å². The summed E-state index contributed by atoms with van der Waals surface area (Å²) < 4.78 is 0. The number of amides is 2. The smallest absolute Gasteiger partial charge is 0.267 e. The molecule has 86 valence electrons. The molecule has 1 aliphatic rings. The maximum absolute atomic E-state index is 11.4. The zero-order valence-electron chi connectivity index (χ0n) is 10.1. The molecule has 0 saturated heterocycles. The van der Waals surface area contributed by atoms with Gasteiger partial charge in [-0.3, -0.25) is 14.4 Å². The molecule has 15 heavy (non-hydrogen) atoms. The Labute approximate surface area is 90.8 Å². The summed E-state index contributed by atoms with van der Waals surface area (Å²) in [4.78, 5) is 27.7. The average molecular weight is 213 g/mol. The Bertz CT molecular complexity index is 258. The predicted octanol–water partition coefficient (Wildman–Crippen LogP) is 2.06. The number of hydroxylamine groups is 2. The van der Waals surface area contributed by atoms with Gasteiger partial charge >= 0.3 is 0 Å². The molecule has 1 aliphatic heterocycles. The molecule has 4 nitrogen and oxygen atoms in total. The second-order valence-electron chi connectivity index (χ2n) is 2.99. The van der Waals surface area contributed by atoms with Crippen LogP contribution in [0.2, 0.25) is 0 Å². The fourth-order valence-corrected chi connectivity index (χ4v) is 1.02. The van der Waals surface area contributed by atoms with E-state index < -0.39 is 0 Å². The van der Waals surface area contributed by atoms with Gasteiger partial charge in [0.05, 0.1) is 6.61 Å². The van der Waals surface area contributed by atoms with Gasteiger partial charge in [0.25, 0.3) is 11.8 Å². The van der Waals surface area contributed by atoms with E-state index in [1.165, 1.54) is 0 Å². The number of hydrogen-bond acceptors (Lipinski definition) is 3. The predicted molar refractivity (Wildman–Crippen MR) is 57.8 cm³/mol. The molecular weight excluding hydrogens is 194 g/mol. The normalized spacial score (nSPS) is 15.7. The Kier molecular flexibility index (Phi) is 5.86. The van der Waals surface area contributed by atoms with Crippen LogP contribution in [0.1, 0.15) is 41.0 Å². The molecule has 0 aromatic rings. The van der Waals surface area contributed by atoms with Gasteiger partial charge in [0.1, 0.15) is 0 Å². The first-order valence-electron chi connectivity index (χ1n) is 5.28. The van der Waals surface area contributed by atoms with Gasteiger partial charge in [0, 0.05) is 11.1 Å². The molecule has 0 spiro atoms. The van der Waals surface area contributed by atoms with Crippen LogP contribution in [0.4, 0.5) is 0 Å². The van der Waals surface area contributed by atoms with Crippen molar-refractivity contribution in [2.75, 3.05) is 6.61 Å². The van der Waals surface area contributed by atoms with E-state index in [9.17, 15) is 9.59 Å². The number of hydrogen-bond donors (Lipinski definition) is 0. The first kappa shape index (κ1) is 13.8. The van der Waals surface area contributed by atoms with Crippen LogP contribution >= 0.6 is 0 Å². The molecule has 0 bridgehead atoms. The molecule has 0 unspecified atom stereocenters. The number of carbonyl (C=O) groups is 2. The molecule has 1 rings (SSSR count). The van der Waals surface area contributed by atoms with Crippen molar-refractivity contribution in [2.45, 2.75) is 41.0 Å². The summed E-state index contributed by atoms with van der Waals surface area (Å²) in [7, 11) is 0. The number of rotatable bonds is 3. The molecule has 0 radical (unpaired) electrons. The number of carbonyl (C=O) groups excluding carboxylic acids is 2. The van der Waals surface area contributed by atoms with Gasteiger partial charge in [-0.25, -0.2) is 0 Å². The van der Waals surface area contributed by atoms with Crippen LogP contribution in [-0.4, -0.2) is 23.5 Å². The molecule has 0 saturated carbocycles. The van der Waals surface area contributed by atoms with Gasteiger partial charge in [-0.2, -0.15) is 0 Å². The minimum Gasteiger partial charge on any atom is -0.267 e. The van der Waals surface area contributed by atoms with Crippen LogP contribution in [0, 0.1) is 0 Å². The van der Waals surface area contributed by atoms with E-state index in [-0.39, 0.29) is 11.8 Å². The molecule has 0 atom stereocenters. The van der Waals surface area contributed by atoms with Gasteiger partial charge in [-0.1, -0.05) is 20.8 Å². The fraction of sp³-hybridized carbons (Fsp3) is 0.636. The lowest BCUT2D eigenvalue weighted by molar-refractivity contribution is -0.186. The van der Waals surface area contributed by atoms with Crippen molar-refractivity contribution < 1.29 is 14.4 Å². The van der Waals surface area contributed by atoms with Crippen LogP contribution in [-0.2, 0) is 14.4 Å². The van der Waals surface area contributed by atoms with Crippen molar-refractivity contribution in [3.63, 3.8) is 0 Å². The Morgan fingerprint density at radius 3 is 1.80 bits per heavy atom. The third kappa shape index (κ3) is 2.89. The molecule has 0 aromatic heterocycles. The van der Waals surface area contributed by atoms with Gasteiger partial charge < -0.3 is 0 Å². The van der Waals surface area contributed by atoms with Crippen LogP contribution in [0.25, 0.3) is 0 Å². The Balaban J connectivity index is 0.000000921. The second kappa shape index (κ2) is 6.35. The summed E-state index contributed by atoms with van der Waals surface area (Å²) in [5.41, 5.74) is 0.946. The highest BCUT2D eigenvalue weighted by Gasteiger charge is 2.34. The van der Waals surface area contributed by atoms with Gasteiger partial charge in [0.15, 0.2) is 0 Å². The quantitative estimate of drug-likeness (QED) is 0.674. The van der Waals surface area contributed by atoms with Crippen molar-refractivity contribution >= 4 is 11.8 Å². The Morgan fingerprint density at radius 2 is 1.47 bits per heavy atom. The first-order valence-corrected chi connectivity index (χ1v) is 5.28. The summed E-state index contributed by atoms with van der Waals surface area (Å²) in [5.74, 6) is -0.674. The molecule has 0 fully saturated rings. The zero-order valence-corrected chi connectivity index (χ0v) is 10.1. The lowest BCUT2D eigenvalue weighted by atomic mass is 10.2. The summed E-state index contributed by atoms with van der Waals surface area (Å²) in [6.45, 7) is 9.56. The Morgan fingerprint density at radius 1 is 1.07 bits per heavy atom. The van der Waals surface area contributed by atoms with E-state index in [0.717, 1.165) is 11.5 Å². The molecule has 0 aromatic carbocycles. The minimum atomic E-state index is -0.337. The lowest BCUT2D eigenvalue weighted by Crippen LogP contribution is -2.31. The molecule has 4 heteroatoms. The SMILES string of the molecule is CC.CCCON1C(=O)C(C)=C(C)C1=O. The third-order valence-electron chi connectivity index (χ3n) is 2.00. The topological polar surface area (TPSA) is 46.6 Å². The average Bonchev–Trinajstić information content (AvgIpc) is 2.45. The molecule has 0 aliphatic carbocycles. The van der Waals surface area contributed by atoms with E-state index >= 15 is 0 Å². The Hall–Kier alpha value is -1.16. The van der Waals surface area contributed by atoms with Gasteiger partial charge in [-0.05, 0) is 20.3 Å². The lowest BCUT2D eigenvalue weighted by Gasteiger charge is -2.12. The van der Waals surface area contributed by atoms with Crippen LogP contribution in [0.5, 0.6) is 0 Å². The van der Waals surface area contributed by atoms with E-state index in [0.29, 0.717) is 17.8 Å². The van der Waals surface area contributed by atoms with Crippen molar-refractivity contribution in [1.29, 1.82) is 0 Å². The van der Waals surface area contributed by atoms with Gasteiger partial charge in [0.2, 0.25) is 0 Å². The number of imide groups is 1. The fourth-order valence-electron chi connectivity index (χ4n) is 1.02. The summed E-state index contributed by atoms with van der Waals surface area (Å²) in [6.07, 6.45) is 0.773. The van der Waals surface area contributed by atoms with Crippen molar-refractivity contribution in [3.05, 3.63) is 11.1 Å². The third-order valence-corrected chi connectivity index (χ3v) is 2.00. The first-order chi connectivity index (χ1) is 7.09.